The van der Waals surface area contributed by atoms with E-state index in [-0.39, 0.29) is 16.9 Å². The molecule has 82 valence electrons. The van der Waals surface area contributed by atoms with Gasteiger partial charge in [0.1, 0.15) is 0 Å². The van der Waals surface area contributed by atoms with Crippen LogP contribution in [0.15, 0.2) is 22.7 Å². The van der Waals surface area contributed by atoms with E-state index in [4.69, 9.17) is 16.1 Å². The number of aromatic nitrogens is 2. The van der Waals surface area contributed by atoms with Gasteiger partial charge in [0.15, 0.2) is 0 Å². The van der Waals surface area contributed by atoms with E-state index in [9.17, 15) is 10.1 Å². The van der Waals surface area contributed by atoms with Crippen molar-refractivity contribution in [3.05, 3.63) is 39.2 Å². The van der Waals surface area contributed by atoms with E-state index in [1.54, 1.807) is 13.0 Å². The van der Waals surface area contributed by atoms with Gasteiger partial charge < -0.3 is 4.52 Å². The Morgan fingerprint density at radius 3 is 2.81 bits per heavy atom. The average molecular weight is 240 g/mol. The van der Waals surface area contributed by atoms with Gasteiger partial charge in [-0.3, -0.25) is 10.1 Å². The molecule has 0 atom stereocenters. The van der Waals surface area contributed by atoms with E-state index >= 15 is 0 Å². The summed E-state index contributed by atoms with van der Waals surface area (Å²) in [6.45, 7) is 1.79. The lowest BCUT2D eigenvalue weighted by molar-refractivity contribution is -0.384. The first-order valence-corrected chi connectivity index (χ1v) is 4.70. The topological polar surface area (TPSA) is 82.1 Å². The Labute approximate surface area is 95.0 Å². The van der Waals surface area contributed by atoms with E-state index < -0.39 is 4.92 Å². The Morgan fingerprint density at radius 2 is 2.25 bits per heavy atom. The molecule has 0 aliphatic heterocycles. The van der Waals surface area contributed by atoms with Gasteiger partial charge in [-0.2, -0.15) is 4.98 Å². The molecule has 1 heterocycles. The van der Waals surface area contributed by atoms with Crippen LogP contribution in [0.4, 0.5) is 5.69 Å². The third-order valence-electron chi connectivity index (χ3n) is 2.06. The first-order valence-electron chi connectivity index (χ1n) is 4.32. The molecule has 0 fully saturated rings. The van der Waals surface area contributed by atoms with Crippen molar-refractivity contribution >= 4 is 17.3 Å². The fraction of sp³-hybridized carbons (Fsp3) is 0.111. The minimum absolute atomic E-state index is 0.0269. The number of aryl methyl sites for hydroxylation is 1. The summed E-state index contributed by atoms with van der Waals surface area (Å²) < 4.78 is 4.85. The van der Waals surface area contributed by atoms with Gasteiger partial charge in [-0.25, -0.2) is 0 Å². The number of hydrogen-bond acceptors (Lipinski definition) is 5. The summed E-state index contributed by atoms with van der Waals surface area (Å²) in [5, 5.41) is 14.0. The number of benzene rings is 1. The molecule has 16 heavy (non-hydrogen) atoms. The van der Waals surface area contributed by atoms with Crippen LogP contribution in [0.25, 0.3) is 11.5 Å². The molecule has 0 saturated carbocycles. The normalized spacial score (nSPS) is 10.4. The lowest BCUT2D eigenvalue weighted by atomic mass is 10.1. The van der Waals surface area contributed by atoms with Crippen molar-refractivity contribution in [2.24, 2.45) is 0 Å². The van der Waals surface area contributed by atoms with Crippen LogP contribution in [0.2, 0.25) is 5.28 Å². The number of halogens is 1. The van der Waals surface area contributed by atoms with E-state index in [2.05, 4.69) is 10.1 Å². The Morgan fingerprint density at radius 1 is 1.50 bits per heavy atom. The molecule has 2 rings (SSSR count). The molecular formula is C9H6ClN3O3. The van der Waals surface area contributed by atoms with Crippen LogP contribution in [0.5, 0.6) is 0 Å². The van der Waals surface area contributed by atoms with E-state index in [0.717, 1.165) is 5.56 Å². The van der Waals surface area contributed by atoms with Crippen LogP contribution in [-0.2, 0) is 0 Å². The highest BCUT2D eigenvalue weighted by Crippen LogP contribution is 2.26. The Kier molecular flexibility index (Phi) is 2.57. The monoisotopic (exact) mass is 239 g/mol. The second kappa shape index (κ2) is 3.90. The van der Waals surface area contributed by atoms with Crippen LogP contribution in [0, 0.1) is 17.0 Å². The van der Waals surface area contributed by atoms with Crippen LogP contribution in [-0.4, -0.2) is 15.1 Å². The molecule has 0 spiro atoms. The molecule has 1 aromatic heterocycles. The largest absolute Gasteiger partial charge is 0.333 e. The number of nitrogens with zero attached hydrogens (tertiary/aromatic N) is 3. The van der Waals surface area contributed by atoms with Gasteiger partial charge in [0.2, 0.25) is 0 Å². The van der Waals surface area contributed by atoms with Crippen molar-refractivity contribution in [1.82, 2.24) is 10.1 Å². The maximum atomic E-state index is 10.6. The molecule has 0 bridgehead atoms. The Balaban J connectivity index is 2.55. The highest BCUT2D eigenvalue weighted by Gasteiger charge is 2.14. The summed E-state index contributed by atoms with van der Waals surface area (Å²) in [6.07, 6.45) is 0. The molecule has 0 N–H and O–H groups in total. The third kappa shape index (κ3) is 1.87. The number of nitro groups is 1. The zero-order chi connectivity index (χ0) is 11.7. The maximum Gasteiger partial charge on any atom is 0.270 e. The highest BCUT2D eigenvalue weighted by molar-refractivity contribution is 6.28. The smallest absolute Gasteiger partial charge is 0.270 e. The third-order valence-corrected chi connectivity index (χ3v) is 2.22. The summed E-state index contributed by atoms with van der Waals surface area (Å²) in [5.41, 5.74) is 1.27. The molecule has 0 aliphatic carbocycles. The molecule has 1 aromatic carbocycles. The molecule has 0 saturated heterocycles. The summed E-state index contributed by atoms with van der Waals surface area (Å²) in [5.74, 6) is 0.172. The van der Waals surface area contributed by atoms with Crippen molar-refractivity contribution in [3.8, 4) is 11.5 Å². The summed E-state index contributed by atoms with van der Waals surface area (Å²) in [4.78, 5) is 13.9. The van der Waals surface area contributed by atoms with Gasteiger partial charge in [-0.15, -0.1) is 0 Å². The van der Waals surface area contributed by atoms with Crippen LogP contribution < -0.4 is 0 Å². The van der Waals surface area contributed by atoms with E-state index in [0.29, 0.717) is 5.56 Å². The Bertz CT molecular complexity index is 553. The van der Waals surface area contributed by atoms with Crippen LogP contribution in [0.1, 0.15) is 5.56 Å². The van der Waals surface area contributed by atoms with Gasteiger partial charge in [0.05, 0.1) is 4.92 Å². The summed E-state index contributed by atoms with van der Waals surface area (Å²) >= 11 is 5.52. The number of nitro benzene ring substituents is 1. The minimum Gasteiger partial charge on any atom is -0.333 e. The first-order chi connectivity index (χ1) is 7.58. The number of hydrogen-bond donors (Lipinski definition) is 0. The lowest BCUT2D eigenvalue weighted by Crippen LogP contribution is -1.90. The van der Waals surface area contributed by atoms with Gasteiger partial charge in [-0.1, -0.05) is 6.07 Å². The van der Waals surface area contributed by atoms with Crippen LogP contribution >= 0.6 is 11.6 Å². The molecule has 0 aliphatic rings. The van der Waals surface area contributed by atoms with Gasteiger partial charge in [-0.05, 0) is 29.2 Å². The molecular weight excluding hydrogens is 234 g/mol. The highest BCUT2D eigenvalue weighted by atomic mass is 35.5. The zero-order valence-corrected chi connectivity index (χ0v) is 8.93. The molecule has 0 amide bonds. The Hall–Kier alpha value is -1.95. The van der Waals surface area contributed by atoms with Crippen molar-refractivity contribution in [2.45, 2.75) is 6.92 Å². The van der Waals surface area contributed by atoms with E-state index in [1.807, 2.05) is 0 Å². The molecule has 6 nitrogen and oxygen atoms in total. The summed E-state index contributed by atoms with van der Waals surface area (Å²) in [7, 11) is 0. The van der Waals surface area contributed by atoms with Gasteiger partial charge >= 0.3 is 0 Å². The zero-order valence-electron chi connectivity index (χ0n) is 8.18. The molecule has 0 unspecified atom stereocenters. The fourth-order valence-electron chi connectivity index (χ4n) is 1.27. The second-order valence-electron chi connectivity index (χ2n) is 3.12. The van der Waals surface area contributed by atoms with Crippen molar-refractivity contribution < 1.29 is 9.45 Å². The SMILES string of the molecule is Cc1ccc([N+](=O)[O-])cc1-c1nc(Cl)no1. The second-order valence-corrected chi connectivity index (χ2v) is 3.46. The maximum absolute atomic E-state index is 10.6. The minimum atomic E-state index is -0.485. The fourth-order valence-corrected chi connectivity index (χ4v) is 1.38. The van der Waals surface area contributed by atoms with Gasteiger partial charge in [0.25, 0.3) is 16.9 Å². The van der Waals surface area contributed by atoms with Crippen LogP contribution in [0.3, 0.4) is 0 Å². The van der Waals surface area contributed by atoms with Crippen molar-refractivity contribution in [2.75, 3.05) is 0 Å². The van der Waals surface area contributed by atoms with E-state index in [1.165, 1.54) is 12.1 Å². The average Bonchev–Trinajstić information content (AvgIpc) is 2.65. The van der Waals surface area contributed by atoms with Crippen molar-refractivity contribution in [1.29, 1.82) is 0 Å². The summed E-state index contributed by atoms with van der Waals surface area (Å²) in [6, 6.07) is 4.40. The molecule has 0 radical (unpaired) electrons. The standard InChI is InChI=1S/C9H6ClN3O3/c1-5-2-3-6(13(14)15)4-7(5)8-11-9(10)12-16-8/h2-4H,1H3. The molecule has 2 aromatic rings. The quantitative estimate of drug-likeness (QED) is 0.594. The predicted molar refractivity (Wildman–Crippen MR) is 56.1 cm³/mol. The molecule has 7 heteroatoms. The number of non-ortho nitro benzene ring substituents is 1. The predicted octanol–water partition coefficient (Wildman–Crippen LogP) is 2.61. The lowest BCUT2D eigenvalue weighted by Gasteiger charge is -1.99. The van der Waals surface area contributed by atoms with Crippen molar-refractivity contribution in [3.63, 3.8) is 0 Å². The number of rotatable bonds is 2. The van der Waals surface area contributed by atoms with Gasteiger partial charge in [0, 0.05) is 17.7 Å². The first kappa shape index (κ1) is 10.6.